The minimum atomic E-state index is -0.634. The van der Waals surface area contributed by atoms with E-state index in [2.05, 4.69) is 0 Å². The maximum Gasteiger partial charge on any atom is 0.169 e. The van der Waals surface area contributed by atoms with Crippen molar-refractivity contribution in [1.29, 1.82) is 0 Å². The van der Waals surface area contributed by atoms with Crippen molar-refractivity contribution >= 4 is 11.6 Å². The fraction of sp³-hybridized carbons (Fsp3) is 0.250. The fourth-order valence-electron chi connectivity index (χ4n) is 2.21. The van der Waals surface area contributed by atoms with Crippen molar-refractivity contribution in [3.8, 4) is 22.6 Å². The lowest BCUT2D eigenvalue weighted by Gasteiger charge is -2.27. The second-order valence-electron chi connectivity index (χ2n) is 4.67. The van der Waals surface area contributed by atoms with Crippen LogP contribution in [0.5, 0.6) is 11.5 Å². The minimum absolute atomic E-state index is 0. The average Bonchev–Trinajstić information content (AvgIpc) is 2.49. The largest absolute Gasteiger partial charge is 0.486 e. The summed E-state index contributed by atoms with van der Waals surface area (Å²) in [7, 11) is 0. The molecule has 2 aromatic rings. The molecule has 0 amide bonds. The Morgan fingerprint density at radius 2 is 2.00 bits per heavy atom. The number of hydrogen-bond acceptors (Lipinski definition) is 3. The van der Waals surface area contributed by atoms with Crippen LogP contribution in [-0.4, -0.2) is 19.3 Å². The zero-order valence-electron chi connectivity index (χ0n) is 10.9. The van der Waals surface area contributed by atoms with Gasteiger partial charge in [-0.05, 0) is 12.1 Å². The van der Waals surface area contributed by atoms with Crippen LogP contribution >= 0.6 is 11.6 Å². The molecule has 22 heavy (non-hydrogen) atoms. The highest BCUT2D eigenvalue weighted by atomic mass is 35.5. The van der Waals surface area contributed by atoms with Crippen LogP contribution in [0.3, 0.4) is 0 Å². The molecule has 0 bridgehead atoms. The third-order valence-corrected chi connectivity index (χ3v) is 3.53. The van der Waals surface area contributed by atoms with Crippen LogP contribution in [0.2, 0.25) is 5.02 Å². The Balaban J connectivity index is 0.00000176. The zero-order chi connectivity index (χ0) is 15.0. The molecule has 6 heteroatoms. The predicted molar refractivity (Wildman–Crippen MR) is 82.5 cm³/mol. The van der Waals surface area contributed by atoms with E-state index >= 15 is 0 Å². The van der Waals surface area contributed by atoms with Crippen LogP contribution < -0.4 is 15.2 Å². The van der Waals surface area contributed by atoms with Gasteiger partial charge in [0.1, 0.15) is 24.3 Å². The normalized spacial score (nSPS) is 16.1. The Hall–Kier alpha value is -1.85. The second kappa shape index (κ2) is 6.50. The summed E-state index contributed by atoms with van der Waals surface area (Å²) < 4.78 is 39.1. The molecular weight excluding hydrogens is 312 g/mol. The van der Waals surface area contributed by atoms with Gasteiger partial charge in [-0.25, -0.2) is 8.78 Å². The monoisotopic (exact) mass is 327 g/mol. The first-order valence-corrected chi connectivity index (χ1v) is 6.75. The molecule has 0 unspecified atom stereocenters. The molecule has 0 saturated carbocycles. The molecule has 2 N–H and O–H groups in total. The van der Waals surface area contributed by atoms with Crippen molar-refractivity contribution in [2.75, 3.05) is 13.2 Å². The summed E-state index contributed by atoms with van der Waals surface area (Å²) in [5, 5.41) is -0.0439. The van der Waals surface area contributed by atoms with Crippen molar-refractivity contribution in [1.82, 2.24) is 0 Å². The Bertz CT molecular complexity index is 694. The van der Waals surface area contributed by atoms with E-state index in [0.29, 0.717) is 0 Å². The predicted octanol–water partition coefficient (Wildman–Crippen LogP) is 4.02. The molecule has 0 aliphatic carbocycles. The minimum Gasteiger partial charge on any atom is -0.486 e. The lowest BCUT2D eigenvalue weighted by atomic mass is 10.0. The van der Waals surface area contributed by atoms with Gasteiger partial charge in [0, 0.05) is 23.7 Å². The van der Waals surface area contributed by atoms with Crippen molar-refractivity contribution in [2.24, 2.45) is 5.73 Å². The molecule has 0 radical (unpaired) electrons. The molecule has 1 aliphatic rings. The zero-order valence-corrected chi connectivity index (χ0v) is 11.7. The van der Waals surface area contributed by atoms with Crippen LogP contribution in [0, 0.1) is 11.6 Å². The van der Waals surface area contributed by atoms with Gasteiger partial charge in [0.25, 0.3) is 0 Å². The number of halogens is 3. The van der Waals surface area contributed by atoms with Crippen molar-refractivity contribution < 1.29 is 18.3 Å². The Kier molecular flexibility index (Phi) is 4.88. The number of hydrogen-bond donors (Lipinski definition) is 1. The molecule has 2 aromatic carbocycles. The summed E-state index contributed by atoms with van der Waals surface area (Å²) in [5.41, 5.74) is 5.96. The highest BCUT2D eigenvalue weighted by molar-refractivity contribution is 6.31. The van der Waals surface area contributed by atoms with Gasteiger partial charge in [-0.15, -0.1) is 0 Å². The smallest absolute Gasteiger partial charge is 0.169 e. The topological polar surface area (TPSA) is 44.5 Å². The van der Waals surface area contributed by atoms with E-state index in [0.717, 1.165) is 0 Å². The summed E-state index contributed by atoms with van der Waals surface area (Å²) in [4.78, 5) is 0. The van der Waals surface area contributed by atoms with Crippen LogP contribution in [0.4, 0.5) is 8.78 Å². The Morgan fingerprint density at radius 1 is 1.23 bits per heavy atom. The Morgan fingerprint density at radius 3 is 2.73 bits per heavy atom. The van der Waals surface area contributed by atoms with Crippen molar-refractivity contribution in [3.05, 3.63) is 47.0 Å². The number of nitrogens with two attached hydrogens (primary N) is 1. The third-order valence-electron chi connectivity index (χ3n) is 3.23. The average molecular weight is 328 g/mol. The van der Waals surface area contributed by atoms with E-state index in [-0.39, 0.29) is 54.3 Å². The molecule has 118 valence electrons. The van der Waals surface area contributed by atoms with E-state index in [1.54, 1.807) is 6.07 Å². The Labute approximate surface area is 132 Å². The maximum absolute atomic E-state index is 14.2. The van der Waals surface area contributed by atoms with E-state index < -0.39 is 11.6 Å². The van der Waals surface area contributed by atoms with E-state index in [1.807, 2.05) is 0 Å². The SMILES string of the molecule is C.NC[C@H]1COc2cc(F)cc(-c3cccc(Cl)c3F)c2O1. The molecule has 0 fully saturated rings. The number of ether oxygens (including phenoxy) is 2. The highest BCUT2D eigenvalue weighted by Gasteiger charge is 2.26. The summed E-state index contributed by atoms with van der Waals surface area (Å²) in [6.07, 6.45) is -0.357. The van der Waals surface area contributed by atoms with Crippen LogP contribution in [0.25, 0.3) is 11.1 Å². The highest BCUT2D eigenvalue weighted by Crippen LogP contribution is 2.43. The lowest BCUT2D eigenvalue weighted by molar-refractivity contribution is 0.0971. The number of rotatable bonds is 2. The quantitative estimate of drug-likeness (QED) is 0.906. The van der Waals surface area contributed by atoms with Crippen molar-refractivity contribution in [2.45, 2.75) is 13.5 Å². The second-order valence-corrected chi connectivity index (χ2v) is 5.08. The van der Waals surface area contributed by atoms with E-state index in [4.69, 9.17) is 26.8 Å². The van der Waals surface area contributed by atoms with Gasteiger partial charge in [0.15, 0.2) is 11.5 Å². The molecule has 0 aromatic heterocycles. The van der Waals surface area contributed by atoms with E-state index in [1.165, 1.54) is 24.3 Å². The molecule has 3 rings (SSSR count). The van der Waals surface area contributed by atoms with Gasteiger partial charge < -0.3 is 15.2 Å². The molecule has 0 saturated heterocycles. The summed E-state index contributed by atoms with van der Waals surface area (Å²) in [5.74, 6) is -0.670. The number of benzene rings is 2. The summed E-state index contributed by atoms with van der Waals surface area (Å²) in [6, 6.07) is 6.91. The van der Waals surface area contributed by atoms with Gasteiger partial charge in [0.2, 0.25) is 0 Å². The number of fused-ring (bicyclic) bond motifs is 1. The van der Waals surface area contributed by atoms with Gasteiger partial charge in [-0.3, -0.25) is 0 Å². The van der Waals surface area contributed by atoms with Crippen molar-refractivity contribution in [3.63, 3.8) is 0 Å². The molecule has 1 atom stereocenters. The van der Waals surface area contributed by atoms with Gasteiger partial charge >= 0.3 is 0 Å². The molecule has 3 nitrogen and oxygen atoms in total. The van der Waals surface area contributed by atoms with Gasteiger partial charge in [0.05, 0.1) is 5.02 Å². The first-order chi connectivity index (χ1) is 10.1. The van der Waals surface area contributed by atoms with Gasteiger partial charge in [-0.2, -0.15) is 0 Å². The van der Waals surface area contributed by atoms with Crippen LogP contribution in [0.15, 0.2) is 30.3 Å². The first kappa shape index (κ1) is 16.5. The fourth-order valence-corrected chi connectivity index (χ4v) is 2.38. The third kappa shape index (κ3) is 2.87. The molecule has 1 aliphatic heterocycles. The first-order valence-electron chi connectivity index (χ1n) is 6.37. The summed E-state index contributed by atoms with van der Waals surface area (Å²) in [6.45, 7) is 0.471. The van der Waals surface area contributed by atoms with E-state index in [9.17, 15) is 8.78 Å². The lowest BCUT2D eigenvalue weighted by Crippen LogP contribution is -2.36. The molecule has 1 heterocycles. The molecular formula is C16H16ClF2NO2. The van der Waals surface area contributed by atoms with Crippen LogP contribution in [0.1, 0.15) is 7.43 Å². The van der Waals surface area contributed by atoms with Gasteiger partial charge in [-0.1, -0.05) is 31.2 Å². The van der Waals surface area contributed by atoms with Crippen LogP contribution in [-0.2, 0) is 0 Å². The molecule has 0 spiro atoms. The standard InChI is InChI=1S/C15H12ClF2NO2.CH4/c16-12-3-1-2-10(14(12)18)11-4-8(17)5-13-15(11)21-9(6-19)7-20-13;/h1-5,9H,6-7,19H2;1H4/t9-;/m0./s1. The maximum atomic E-state index is 14.2. The summed E-state index contributed by atoms with van der Waals surface area (Å²) >= 11 is 5.78.